The molecule has 0 N–H and O–H groups in total. The minimum Gasteiger partial charge on any atom is -0.463 e. The lowest BCUT2D eigenvalue weighted by Gasteiger charge is -2.30. The molecule has 0 fully saturated rings. The maximum Gasteiger partial charge on any atom is 0.378 e. The highest BCUT2D eigenvalue weighted by Crippen LogP contribution is 2.44. The average molecular weight is 358 g/mol. The summed E-state index contributed by atoms with van der Waals surface area (Å²) in [4.78, 5) is 21.6. The molecule has 0 saturated carbocycles. The molecule has 0 rings (SSSR count). The maximum atomic E-state index is 13.0. The second kappa shape index (κ2) is 8.11. The molecule has 0 aliphatic heterocycles. The predicted molar refractivity (Wildman–Crippen MR) is 57.6 cm³/mol. The van der Waals surface area contributed by atoms with Crippen molar-refractivity contribution >= 4 is 11.9 Å². The molecule has 0 heterocycles. The second-order valence-electron chi connectivity index (χ2n) is 3.82. The summed E-state index contributed by atoms with van der Waals surface area (Å²) in [7, 11) is 0. The van der Waals surface area contributed by atoms with Gasteiger partial charge in [-0.05, 0) is 6.92 Å². The molecule has 0 bridgehead atoms. The van der Waals surface area contributed by atoms with E-state index in [2.05, 4.69) is 9.47 Å². The molecule has 0 saturated heterocycles. The van der Waals surface area contributed by atoms with E-state index in [1.54, 1.807) is 0 Å². The van der Waals surface area contributed by atoms with E-state index in [1.807, 2.05) is 0 Å². The highest BCUT2D eigenvalue weighted by molar-refractivity contribution is 5.91. The van der Waals surface area contributed by atoms with Gasteiger partial charge in [0.2, 0.25) is 6.17 Å². The lowest BCUT2D eigenvalue weighted by Crippen LogP contribution is -2.56. The quantitative estimate of drug-likeness (QED) is 0.380. The van der Waals surface area contributed by atoms with E-state index in [4.69, 9.17) is 0 Å². The van der Waals surface area contributed by atoms with E-state index in [0.29, 0.717) is 6.08 Å². The van der Waals surface area contributed by atoms with Gasteiger partial charge in [0.25, 0.3) is 6.43 Å². The molecule has 0 aliphatic carbocycles. The predicted octanol–water partition coefficient (Wildman–Crippen LogP) is 2.82. The lowest BCUT2D eigenvalue weighted by atomic mass is 10.1. The highest BCUT2D eigenvalue weighted by atomic mass is 19.3. The van der Waals surface area contributed by atoms with Crippen LogP contribution in [0.3, 0.4) is 0 Å². The third-order valence-corrected chi connectivity index (χ3v) is 2.16. The first-order valence-electron chi connectivity index (χ1n) is 5.75. The van der Waals surface area contributed by atoms with E-state index in [9.17, 15) is 44.7 Å². The van der Waals surface area contributed by atoms with Crippen LogP contribution in [0.25, 0.3) is 0 Å². The molecule has 23 heavy (non-hydrogen) atoms. The average Bonchev–Trinajstić information content (AvgIpc) is 2.44. The minimum absolute atomic E-state index is 0.0683. The number of hydrogen-bond acceptors (Lipinski definition) is 4. The van der Waals surface area contributed by atoms with Gasteiger partial charge in [0, 0.05) is 12.2 Å². The van der Waals surface area contributed by atoms with Gasteiger partial charge in [-0.2, -0.15) is 22.0 Å². The van der Waals surface area contributed by atoms with Crippen LogP contribution in [0.4, 0.5) is 35.1 Å². The number of rotatable bonds is 8. The molecule has 0 aromatic rings. The highest BCUT2D eigenvalue weighted by Gasteiger charge is 2.70. The Hall–Kier alpha value is -1.88. The first-order chi connectivity index (χ1) is 10.4. The van der Waals surface area contributed by atoms with Gasteiger partial charge in [0.1, 0.15) is 0 Å². The number of carbonyl (C=O) groups is 2. The molecule has 2 atom stereocenters. The van der Waals surface area contributed by atoms with E-state index in [0.717, 1.165) is 0 Å². The van der Waals surface area contributed by atoms with E-state index in [-0.39, 0.29) is 12.7 Å². The van der Waals surface area contributed by atoms with E-state index < -0.39 is 42.7 Å². The van der Waals surface area contributed by atoms with Gasteiger partial charge in [0.15, 0.2) is 0 Å². The molecule has 0 radical (unpaired) electrons. The number of halogens is 8. The summed E-state index contributed by atoms with van der Waals surface area (Å²) < 4.78 is 108. The Labute approximate surface area is 124 Å². The molecular formula is C11H10F8O4. The van der Waals surface area contributed by atoms with Crippen molar-refractivity contribution in [2.24, 2.45) is 0 Å². The Bertz CT molecular complexity index is 451. The van der Waals surface area contributed by atoms with Crippen molar-refractivity contribution in [2.45, 2.75) is 37.7 Å². The third kappa shape index (κ3) is 5.36. The van der Waals surface area contributed by atoms with Crippen molar-refractivity contribution in [3.05, 3.63) is 12.2 Å². The second-order valence-corrected chi connectivity index (χ2v) is 3.82. The first-order valence-corrected chi connectivity index (χ1v) is 5.75. The monoisotopic (exact) mass is 358 g/mol. The molecule has 0 aromatic carbocycles. The lowest BCUT2D eigenvalue weighted by molar-refractivity contribution is -0.312. The Morgan fingerprint density at radius 1 is 0.957 bits per heavy atom. The van der Waals surface area contributed by atoms with Crippen molar-refractivity contribution in [3.8, 4) is 0 Å². The van der Waals surface area contributed by atoms with Gasteiger partial charge in [-0.15, -0.1) is 0 Å². The minimum atomic E-state index is -6.15. The van der Waals surface area contributed by atoms with Gasteiger partial charge in [-0.25, -0.2) is 22.8 Å². The van der Waals surface area contributed by atoms with Gasteiger partial charge in [-0.1, -0.05) is 0 Å². The summed E-state index contributed by atoms with van der Waals surface area (Å²) in [6.07, 6.45) is -13.3. The van der Waals surface area contributed by atoms with Crippen LogP contribution in [0.2, 0.25) is 0 Å². The molecule has 12 heteroatoms. The van der Waals surface area contributed by atoms with Gasteiger partial charge < -0.3 is 9.47 Å². The van der Waals surface area contributed by atoms with Gasteiger partial charge in [-0.3, -0.25) is 0 Å². The first kappa shape index (κ1) is 21.1. The number of ether oxygens (including phenoxy) is 2. The van der Waals surface area contributed by atoms with Crippen LogP contribution in [-0.2, 0) is 19.1 Å². The maximum absolute atomic E-state index is 13.0. The Kier molecular flexibility index (Phi) is 7.44. The summed E-state index contributed by atoms with van der Waals surface area (Å²) >= 11 is 0. The third-order valence-electron chi connectivity index (χ3n) is 2.16. The van der Waals surface area contributed by atoms with Crippen molar-refractivity contribution in [2.75, 3.05) is 6.61 Å². The van der Waals surface area contributed by atoms with Crippen molar-refractivity contribution in [1.29, 1.82) is 0 Å². The van der Waals surface area contributed by atoms with Crippen LogP contribution < -0.4 is 0 Å². The van der Waals surface area contributed by atoms with Crippen molar-refractivity contribution in [3.63, 3.8) is 0 Å². The van der Waals surface area contributed by atoms with Crippen molar-refractivity contribution in [1.82, 2.24) is 0 Å². The molecule has 0 amide bonds. The number of esters is 2. The fourth-order valence-corrected chi connectivity index (χ4v) is 1.04. The number of hydrogen-bond donors (Lipinski definition) is 0. The number of carbonyl (C=O) groups excluding carboxylic acids is 2. The zero-order valence-corrected chi connectivity index (χ0v) is 11.3. The van der Waals surface area contributed by atoms with Crippen LogP contribution in [0.1, 0.15) is 6.92 Å². The Morgan fingerprint density at radius 3 is 1.87 bits per heavy atom. The normalized spacial score (nSPS) is 15.6. The van der Waals surface area contributed by atoms with Crippen LogP contribution >= 0.6 is 0 Å². The van der Waals surface area contributed by atoms with Crippen LogP contribution in [0.5, 0.6) is 0 Å². The van der Waals surface area contributed by atoms with Crippen LogP contribution in [0, 0.1) is 0 Å². The van der Waals surface area contributed by atoms with Crippen molar-refractivity contribution < 1.29 is 54.2 Å². The molecule has 4 nitrogen and oxygen atoms in total. The SMILES string of the molecule is CCOC(=O)C=CC(=O)OC(F)C(F)(F)C(F)(F)C(F)C(F)F. The summed E-state index contributed by atoms with van der Waals surface area (Å²) in [5, 5.41) is 0. The fourth-order valence-electron chi connectivity index (χ4n) is 1.04. The molecule has 2 unspecified atom stereocenters. The van der Waals surface area contributed by atoms with E-state index >= 15 is 0 Å². The molecule has 0 aliphatic rings. The summed E-state index contributed by atoms with van der Waals surface area (Å²) in [5.74, 6) is -15.4. The molecule has 134 valence electrons. The summed E-state index contributed by atoms with van der Waals surface area (Å²) in [6, 6.07) is 0. The fraction of sp³-hybridized carbons (Fsp3) is 0.636. The van der Waals surface area contributed by atoms with Gasteiger partial charge >= 0.3 is 30.1 Å². The molecule has 0 aromatic heterocycles. The Balaban J connectivity index is 4.97. The Morgan fingerprint density at radius 2 is 1.43 bits per heavy atom. The summed E-state index contributed by atoms with van der Waals surface area (Å²) in [5.41, 5.74) is 0. The van der Waals surface area contributed by atoms with Gasteiger partial charge in [0.05, 0.1) is 6.61 Å². The standard InChI is InChI=1S/C11H10F8O4/c1-2-22-5(20)3-4-6(21)23-9(15)11(18,19)10(16,17)7(12)8(13)14/h3-4,7-9H,2H2,1H3. The number of alkyl halides is 8. The zero-order chi connectivity index (χ0) is 18.4. The topological polar surface area (TPSA) is 52.6 Å². The van der Waals surface area contributed by atoms with E-state index in [1.165, 1.54) is 6.92 Å². The molecular weight excluding hydrogens is 348 g/mol. The zero-order valence-electron chi connectivity index (χ0n) is 11.3. The van der Waals surface area contributed by atoms with Crippen LogP contribution in [0.15, 0.2) is 12.2 Å². The van der Waals surface area contributed by atoms with Crippen LogP contribution in [-0.4, -0.2) is 49.3 Å². The largest absolute Gasteiger partial charge is 0.463 e. The molecule has 0 spiro atoms. The smallest absolute Gasteiger partial charge is 0.378 e. The summed E-state index contributed by atoms with van der Waals surface area (Å²) in [6.45, 7) is 1.25.